The van der Waals surface area contributed by atoms with E-state index in [1.807, 2.05) is 6.92 Å². The molecule has 0 fully saturated rings. The summed E-state index contributed by atoms with van der Waals surface area (Å²) in [6.07, 6.45) is 1.43. The lowest BCUT2D eigenvalue weighted by Crippen LogP contribution is -2.17. The highest BCUT2D eigenvalue weighted by molar-refractivity contribution is 6.32. The van der Waals surface area contributed by atoms with Gasteiger partial charge in [0.2, 0.25) is 11.8 Å². The lowest BCUT2D eigenvalue weighted by Gasteiger charge is -2.17. The Labute approximate surface area is 159 Å². The Morgan fingerprint density at radius 1 is 1.33 bits per heavy atom. The summed E-state index contributed by atoms with van der Waals surface area (Å²) in [5.74, 6) is 1.23. The average Bonchev–Trinajstić information content (AvgIpc) is 3.10. The first kappa shape index (κ1) is 18.9. The van der Waals surface area contributed by atoms with Crippen LogP contribution in [0.5, 0.6) is 5.88 Å². The van der Waals surface area contributed by atoms with Crippen LogP contribution in [-0.2, 0) is 0 Å². The minimum Gasteiger partial charge on any atom is -0.477 e. The third-order valence-corrected chi connectivity index (χ3v) is 3.88. The SMILES string of the molecule is CCOc1cc(Nc2nc(N[C@@H](CO)c3ccc(F)cc3)ncc2Cl)[nH]n1. The van der Waals surface area contributed by atoms with Crippen LogP contribution in [0.1, 0.15) is 18.5 Å². The predicted octanol–water partition coefficient (Wildman–Crippen LogP) is 3.28. The van der Waals surface area contributed by atoms with E-state index in [0.29, 0.717) is 34.7 Å². The van der Waals surface area contributed by atoms with Gasteiger partial charge in [0.25, 0.3) is 0 Å². The van der Waals surface area contributed by atoms with Crippen molar-refractivity contribution < 1.29 is 14.2 Å². The Morgan fingerprint density at radius 2 is 2.11 bits per heavy atom. The van der Waals surface area contributed by atoms with E-state index in [9.17, 15) is 9.50 Å². The first-order valence-corrected chi connectivity index (χ1v) is 8.57. The minimum atomic E-state index is -0.503. The van der Waals surface area contributed by atoms with E-state index in [4.69, 9.17) is 16.3 Å². The molecule has 3 rings (SSSR count). The Hall–Kier alpha value is -2.91. The Bertz CT molecular complexity index is 889. The summed E-state index contributed by atoms with van der Waals surface area (Å²) in [7, 11) is 0. The van der Waals surface area contributed by atoms with Gasteiger partial charge in [-0.25, -0.2) is 9.37 Å². The molecule has 3 aromatic rings. The van der Waals surface area contributed by atoms with Crippen molar-refractivity contribution in [3.05, 3.63) is 52.9 Å². The number of nitrogens with one attached hydrogen (secondary N) is 3. The molecule has 0 saturated heterocycles. The molecule has 0 spiro atoms. The number of hydrogen-bond acceptors (Lipinski definition) is 7. The maximum absolute atomic E-state index is 13.1. The second-order valence-electron chi connectivity index (χ2n) is 5.50. The van der Waals surface area contributed by atoms with Crippen molar-refractivity contribution >= 4 is 29.2 Å². The van der Waals surface area contributed by atoms with E-state index < -0.39 is 6.04 Å². The Kier molecular flexibility index (Phi) is 6.05. The van der Waals surface area contributed by atoms with Crippen LogP contribution >= 0.6 is 11.6 Å². The zero-order valence-corrected chi connectivity index (χ0v) is 15.2. The highest BCUT2D eigenvalue weighted by atomic mass is 35.5. The molecule has 0 amide bonds. The van der Waals surface area contributed by atoms with Gasteiger partial charge in [-0.2, -0.15) is 4.98 Å². The van der Waals surface area contributed by atoms with Gasteiger partial charge < -0.3 is 20.5 Å². The summed E-state index contributed by atoms with van der Waals surface area (Å²) < 4.78 is 18.4. The summed E-state index contributed by atoms with van der Waals surface area (Å²) >= 11 is 6.15. The van der Waals surface area contributed by atoms with Crippen molar-refractivity contribution in [3.63, 3.8) is 0 Å². The van der Waals surface area contributed by atoms with E-state index in [0.717, 1.165) is 0 Å². The largest absolute Gasteiger partial charge is 0.477 e. The monoisotopic (exact) mass is 392 g/mol. The molecular weight excluding hydrogens is 375 g/mol. The molecule has 2 aromatic heterocycles. The van der Waals surface area contributed by atoms with Crippen LogP contribution < -0.4 is 15.4 Å². The van der Waals surface area contributed by atoms with Crippen molar-refractivity contribution in [1.29, 1.82) is 0 Å². The van der Waals surface area contributed by atoms with Crippen molar-refractivity contribution in [1.82, 2.24) is 20.2 Å². The van der Waals surface area contributed by atoms with E-state index >= 15 is 0 Å². The molecule has 1 aromatic carbocycles. The maximum atomic E-state index is 13.1. The fourth-order valence-corrected chi connectivity index (χ4v) is 2.46. The molecule has 2 heterocycles. The lowest BCUT2D eigenvalue weighted by atomic mass is 10.1. The van der Waals surface area contributed by atoms with Crippen LogP contribution in [0.2, 0.25) is 5.02 Å². The second kappa shape index (κ2) is 8.65. The van der Waals surface area contributed by atoms with Gasteiger partial charge in [0.1, 0.15) is 16.7 Å². The van der Waals surface area contributed by atoms with Crippen LogP contribution in [0.4, 0.5) is 22.0 Å². The van der Waals surface area contributed by atoms with E-state index in [1.54, 1.807) is 18.2 Å². The molecule has 0 radical (unpaired) electrons. The van der Waals surface area contributed by atoms with E-state index in [-0.39, 0.29) is 18.4 Å². The molecule has 142 valence electrons. The summed E-state index contributed by atoms with van der Waals surface area (Å²) in [4.78, 5) is 8.43. The van der Waals surface area contributed by atoms with Gasteiger partial charge in [-0.05, 0) is 24.6 Å². The number of aromatic nitrogens is 4. The summed E-state index contributed by atoms with van der Waals surface area (Å²) in [5.41, 5.74) is 0.696. The van der Waals surface area contributed by atoms with E-state index in [2.05, 4.69) is 30.8 Å². The third-order valence-electron chi connectivity index (χ3n) is 3.60. The normalized spacial score (nSPS) is 11.9. The molecule has 0 aliphatic carbocycles. The first-order chi connectivity index (χ1) is 13.1. The van der Waals surface area contributed by atoms with Crippen molar-refractivity contribution in [2.75, 3.05) is 23.8 Å². The zero-order chi connectivity index (χ0) is 19.2. The molecule has 0 aliphatic heterocycles. The van der Waals surface area contributed by atoms with E-state index in [1.165, 1.54) is 18.3 Å². The number of H-pyrrole nitrogens is 1. The lowest BCUT2D eigenvalue weighted by molar-refractivity contribution is 0.276. The zero-order valence-electron chi connectivity index (χ0n) is 14.4. The summed E-state index contributed by atoms with van der Waals surface area (Å²) in [6.45, 7) is 2.14. The molecule has 4 N–H and O–H groups in total. The smallest absolute Gasteiger partial charge is 0.234 e. The fourth-order valence-electron chi connectivity index (χ4n) is 2.33. The number of rotatable bonds is 8. The van der Waals surface area contributed by atoms with Gasteiger partial charge in [-0.15, -0.1) is 5.10 Å². The van der Waals surface area contributed by atoms with Gasteiger partial charge >= 0.3 is 0 Å². The van der Waals surface area contributed by atoms with Gasteiger partial charge in [0.05, 0.1) is 25.5 Å². The molecule has 8 nitrogen and oxygen atoms in total. The number of hydrogen-bond donors (Lipinski definition) is 4. The second-order valence-corrected chi connectivity index (χ2v) is 5.91. The number of aliphatic hydroxyl groups excluding tert-OH is 1. The summed E-state index contributed by atoms with van der Waals surface area (Å²) in [6, 6.07) is 6.98. The Balaban J connectivity index is 1.76. The van der Waals surface area contributed by atoms with Crippen LogP contribution in [0.3, 0.4) is 0 Å². The number of halogens is 2. The highest BCUT2D eigenvalue weighted by Crippen LogP contribution is 2.25. The van der Waals surface area contributed by atoms with Crippen molar-refractivity contribution in [3.8, 4) is 5.88 Å². The molecule has 27 heavy (non-hydrogen) atoms. The number of nitrogens with zero attached hydrogens (tertiary/aromatic N) is 3. The molecule has 10 heteroatoms. The number of aliphatic hydroxyl groups is 1. The average molecular weight is 393 g/mol. The topological polar surface area (TPSA) is 108 Å². The highest BCUT2D eigenvalue weighted by Gasteiger charge is 2.14. The Morgan fingerprint density at radius 3 is 2.81 bits per heavy atom. The number of anilines is 3. The number of aromatic amines is 1. The fraction of sp³-hybridized carbons (Fsp3) is 0.235. The third kappa shape index (κ3) is 4.83. The van der Waals surface area contributed by atoms with Gasteiger partial charge in [0.15, 0.2) is 5.82 Å². The molecule has 0 bridgehead atoms. The van der Waals surface area contributed by atoms with Crippen LogP contribution in [0.25, 0.3) is 0 Å². The molecule has 1 atom stereocenters. The number of ether oxygens (including phenoxy) is 1. The molecule has 0 saturated carbocycles. The first-order valence-electron chi connectivity index (χ1n) is 8.19. The van der Waals surface area contributed by atoms with Gasteiger partial charge in [-0.3, -0.25) is 5.10 Å². The molecule has 0 aliphatic rings. The van der Waals surface area contributed by atoms with Crippen LogP contribution in [0, 0.1) is 5.82 Å². The maximum Gasteiger partial charge on any atom is 0.234 e. The predicted molar refractivity (Wildman–Crippen MR) is 99.9 cm³/mol. The quantitative estimate of drug-likeness (QED) is 0.466. The van der Waals surface area contributed by atoms with Gasteiger partial charge in [-0.1, -0.05) is 23.7 Å². The minimum absolute atomic E-state index is 0.224. The van der Waals surface area contributed by atoms with Crippen LogP contribution in [0.15, 0.2) is 36.5 Å². The summed E-state index contributed by atoms with van der Waals surface area (Å²) in [5, 5.41) is 22.7. The van der Waals surface area contributed by atoms with Gasteiger partial charge in [0, 0.05) is 6.07 Å². The molecule has 0 unspecified atom stereocenters. The van der Waals surface area contributed by atoms with Crippen molar-refractivity contribution in [2.24, 2.45) is 0 Å². The molecular formula is C17H18ClFN6O2. The van der Waals surface area contributed by atoms with Crippen molar-refractivity contribution in [2.45, 2.75) is 13.0 Å². The standard InChI is InChI=1S/C17H18ClFN6O2/c1-2-27-15-7-14(24-25-15)22-16-12(18)8-20-17(23-16)21-13(9-26)10-3-5-11(19)6-4-10/h3-8,13,26H,2,9H2,1H3,(H3,20,21,22,23,24,25)/t13-/m0/s1. The van der Waals surface area contributed by atoms with Crippen LogP contribution in [-0.4, -0.2) is 38.5 Å². The number of benzene rings is 1.